The van der Waals surface area contributed by atoms with Gasteiger partial charge in [0.25, 0.3) is 5.69 Å². The molecule has 4 aromatic rings. The number of hydrogen-bond donors (Lipinski definition) is 3. The summed E-state index contributed by atoms with van der Waals surface area (Å²) < 4.78 is 0. The summed E-state index contributed by atoms with van der Waals surface area (Å²) in [5, 5.41) is 30.9. The maximum Gasteiger partial charge on any atom is 0.270 e. The summed E-state index contributed by atoms with van der Waals surface area (Å²) in [7, 11) is 0. The smallest absolute Gasteiger partial charge is 0.270 e. The van der Waals surface area contributed by atoms with Gasteiger partial charge in [-0.3, -0.25) is 10.1 Å². The predicted molar refractivity (Wildman–Crippen MR) is 105 cm³/mol. The van der Waals surface area contributed by atoms with Gasteiger partial charge in [-0.2, -0.15) is 0 Å². The van der Waals surface area contributed by atoms with Crippen molar-refractivity contribution in [2.75, 3.05) is 0 Å². The standard InChI is InChI=1S/C21H15N3O4/c25-16-9-6-14(7-10-16)20-19(13-4-2-1-3-5-13)22-21(23-20)17-12-15(24(27)28)8-11-18(17)26/h1-12,25-26H,(H,22,23). The topological polar surface area (TPSA) is 112 Å². The Balaban J connectivity index is 1.92. The van der Waals surface area contributed by atoms with E-state index in [4.69, 9.17) is 0 Å². The number of benzene rings is 3. The highest BCUT2D eigenvalue weighted by Crippen LogP contribution is 2.37. The Hall–Kier alpha value is -4.13. The van der Waals surface area contributed by atoms with E-state index in [0.717, 1.165) is 11.1 Å². The van der Waals surface area contributed by atoms with Crippen molar-refractivity contribution < 1.29 is 15.1 Å². The number of phenols is 2. The third-order valence-corrected chi connectivity index (χ3v) is 4.35. The zero-order valence-electron chi connectivity index (χ0n) is 14.5. The zero-order chi connectivity index (χ0) is 19.7. The summed E-state index contributed by atoms with van der Waals surface area (Å²) >= 11 is 0. The minimum Gasteiger partial charge on any atom is -0.508 e. The first-order valence-corrected chi connectivity index (χ1v) is 8.45. The molecule has 1 aromatic heterocycles. The van der Waals surface area contributed by atoms with Crippen LogP contribution in [0.2, 0.25) is 0 Å². The van der Waals surface area contributed by atoms with Crippen LogP contribution in [0.25, 0.3) is 33.9 Å². The van der Waals surface area contributed by atoms with E-state index in [0.29, 0.717) is 17.2 Å². The lowest BCUT2D eigenvalue weighted by Gasteiger charge is -2.03. The molecule has 3 N–H and O–H groups in total. The Kier molecular flexibility index (Phi) is 4.25. The second kappa shape index (κ2) is 6.88. The number of hydrogen-bond acceptors (Lipinski definition) is 5. The van der Waals surface area contributed by atoms with Crippen molar-refractivity contribution in [3.05, 3.63) is 82.9 Å². The van der Waals surface area contributed by atoms with E-state index in [1.54, 1.807) is 24.3 Å². The first-order valence-electron chi connectivity index (χ1n) is 8.45. The SMILES string of the molecule is O=[N+]([O-])c1ccc(O)c(-c2nc(-c3ccccc3)c(-c3ccc(O)cc3)[nH]2)c1. The second-order valence-corrected chi connectivity index (χ2v) is 6.18. The molecule has 7 nitrogen and oxygen atoms in total. The number of phenolic OH excluding ortho intramolecular Hbond substituents is 2. The van der Waals surface area contributed by atoms with Crippen LogP contribution in [0, 0.1) is 10.1 Å². The molecule has 0 saturated carbocycles. The molecule has 0 bridgehead atoms. The van der Waals surface area contributed by atoms with Crippen LogP contribution in [-0.2, 0) is 0 Å². The molecular formula is C21H15N3O4. The van der Waals surface area contributed by atoms with E-state index < -0.39 is 4.92 Å². The lowest BCUT2D eigenvalue weighted by atomic mass is 10.1. The molecule has 0 aliphatic heterocycles. The van der Waals surface area contributed by atoms with Crippen molar-refractivity contribution in [3.63, 3.8) is 0 Å². The predicted octanol–water partition coefficient (Wildman–Crippen LogP) is 4.73. The Morgan fingerprint density at radius 1 is 0.893 bits per heavy atom. The van der Waals surface area contributed by atoms with Crippen LogP contribution in [0.3, 0.4) is 0 Å². The maximum atomic E-state index is 11.1. The van der Waals surface area contributed by atoms with Crippen LogP contribution in [0.5, 0.6) is 11.5 Å². The van der Waals surface area contributed by atoms with Gasteiger partial charge in [-0.15, -0.1) is 0 Å². The molecule has 3 aromatic carbocycles. The molecule has 138 valence electrons. The Morgan fingerprint density at radius 3 is 2.29 bits per heavy atom. The normalized spacial score (nSPS) is 10.7. The number of H-pyrrole nitrogens is 1. The van der Waals surface area contributed by atoms with Gasteiger partial charge in [0.15, 0.2) is 0 Å². The third kappa shape index (κ3) is 3.16. The Morgan fingerprint density at radius 2 is 1.61 bits per heavy atom. The van der Waals surface area contributed by atoms with Crippen LogP contribution in [0.4, 0.5) is 5.69 Å². The van der Waals surface area contributed by atoms with Gasteiger partial charge in [-0.25, -0.2) is 4.98 Å². The highest BCUT2D eigenvalue weighted by molar-refractivity contribution is 5.82. The van der Waals surface area contributed by atoms with Crippen molar-refractivity contribution in [2.45, 2.75) is 0 Å². The van der Waals surface area contributed by atoms with Crippen molar-refractivity contribution in [2.24, 2.45) is 0 Å². The molecule has 0 aliphatic rings. The summed E-state index contributed by atoms with van der Waals surface area (Å²) in [6.07, 6.45) is 0. The fourth-order valence-electron chi connectivity index (χ4n) is 2.97. The molecule has 0 aliphatic carbocycles. The number of aromatic hydroxyl groups is 2. The van der Waals surface area contributed by atoms with Gasteiger partial charge in [0.2, 0.25) is 0 Å². The number of nitro groups is 1. The molecule has 0 radical (unpaired) electrons. The number of nitro benzene ring substituents is 1. The van der Waals surface area contributed by atoms with Crippen molar-refractivity contribution in [1.29, 1.82) is 0 Å². The molecule has 0 amide bonds. The molecule has 28 heavy (non-hydrogen) atoms. The van der Waals surface area contributed by atoms with Gasteiger partial charge < -0.3 is 15.2 Å². The van der Waals surface area contributed by atoms with E-state index in [1.807, 2.05) is 30.3 Å². The van der Waals surface area contributed by atoms with E-state index in [2.05, 4.69) is 9.97 Å². The highest BCUT2D eigenvalue weighted by atomic mass is 16.6. The van der Waals surface area contributed by atoms with E-state index in [1.165, 1.54) is 18.2 Å². The van der Waals surface area contributed by atoms with Crippen LogP contribution in [0.1, 0.15) is 0 Å². The fourth-order valence-corrected chi connectivity index (χ4v) is 2.97. The molecule has 0 spiro atoms. The van der Waals surface area contributed by atoms with E-state index in [-0.39, 0.29) is 22.7 Å². The molecule has 0 saturated heterocycles. The lowest BCUT2D eigenvalue weighted by Crippen LogP contribution is -1.90. The third-order valence-electron chi connectivity index (χ3n) is 4.35. The lowest BCUT2D eigenvalue weighted by molar-refractivity contribution is -0.384. The molecule has 7 heteroatoms. The summed E-state index contributed by atoms with van der Waals surface area (Å²) in [5.41, 5.74) is 3.02. The monoisotopic (exact) mass is 373 g/mol. The zero-order valence-corrected chi connectivity index (χ0v) is 14.5. The average Bonchev–Trinajstić information content (AvgIpc) is 3.14. The van der Waals surface area contributed by atoms with Crippen LogP contribution in [-0.4, -0.2) is 25.1 Å². The van der Waals surface area contributed by atoms with Gasteiger partial charge in [-0.05, 0) is 30.3 Å². The average molecular weight is 373 g/mol. The molecule has 0 unspecified atom stereocenters. The van der Waals surface area contributed by atoms with Crippen molar-refractivity contribution in [1.82, 2.24) is 9.97 Å². The number of aromatic nitrogens is 2. The van der Waals surface area contributed by atoms with E-state index in [9.17, 15) is 20.3 Å². The van der Waals surface area contributed by atoms with Gasteiger partial charge in [-0.1, -0.05) is 30.3 Å². The van der Waals surface area contributed by atoms with Gasteiger partial charge in [0.1, 0.15) is 17.3 Å². The summed E-state index contributed by atoms with van der Waals surface area (Å²) in [6, 6.07) is 19.9. The van der Waals surface area contributed by atoms with Crippen LogP contribution >= 0.6 is 0 Å². The van der Waals surface area contributed by atoms with Gasteiger partial charge in [0, 0.05) is 23.3 Å². The van der Waals surface area contributed by atoms with Crippen LogP contribution in [0.15, 0.2) is 72.8 Å². The van der Waals surface area contributed by atoms with E-state index >= 15 is 0 Å². The summed E-state index contributed by atoms with van der Waals surface area (Å²) in [4.78, 5) is 18.4. The molecule has 0 fully saturated rings. The molecular weight excluding hydrogens is 358 g/mol. The minimum absolute atomic E-state index is 0.115. The number of nitrogens with one attached hydrogen (secondary N) is 1. The maximum absolute atomic E-state index is 11.1. The van der Waals surface area contributed by atoms with Gasteiger partial charge >= 0.3 is 0 Å². The highest BCUT2D eigenvalue weighted by Gasteiger charge is 2.19. The second-order valence-electron chi connectivity index (χ2n) is 6.18. The molecule has 1 heterocycles. The largest absolute Gasteiger partial charge is 0.508 e. The summed E-state index contributed by atoms with van der Waals surface area (Å²) in [6.45, 7) is 0. The first-order chi connectivity index (χ1) is 13.5. The quantitative estimate of drug-likeness (QED) is 0.354. The number of non-ortho nitro benzene ring substituents is 1. The van der Waals surface area contributed by atoms with Crippen molar-refractivity contribution in [3.8, 4) is 45.4 Å². The molecule has 0 atom stereocenters. The fraction of sp³-hybridized carbons (Fsp3) is 0. The Labute approximate surface area is 159 Å². The van der Waals surface area contributed by atoms with Crippen molar-refractivity contribution >= 4 is 5.69 Å². The Bertz CT molecular complexity index is 1150. The molecule has 4 rings (SSSR count). The minimum atomic E-state index is -0.523. The number of aromatic amines is 1. The number of imidazole rings is 1. The number of nitrogens with zero attached hydrogens (tertiary/aromatic N) is 2. The van der Waals surface area contributed by atoms with Gasteiger partial charge in [0.05, 0.1) is 21.9 Å². The number of rotatable bonds is 4. The summed E-state index contributed by atoms with van der Waals surface area (Å²) in [5.74, 6) is 0.334. The first kappa shape index (κ1) is 17.3. The van der Waals surface area contributed by atoms with Crippen LogP contribution < -0.4 is 0 Å².